The number of likely N-dealkylation sites (N-methyl/N-ethyl adjacent to an activating group) is 1. The van der Waals surface area contributed by atoms with E-state index in [-0.39, 0.29) is 6.03 Å². The minimum absolute atomic E-state index is 0.0107. The van der Waals surface area contributed by atoms with Gasteiger partial charge in [-0.25, -0.2) is 4.79 Å². The van der Waals surface area contributed by atoms with Crippen LogP contribution >= 0.6 is 0 Å². The molecule has 0 bridgehead atoms. The number of nitrogens with zero attached hydrogens (tertiary/aromatic N) is 1. The van der Waals surface area contributed by atoms with Crippen molar-refractivity contribution in [1.82, 2.24) is 15.5 Å². The molecule has 92 valence electrons. The van der Waals surface area contributed by atoms with Crippen LogP contribution in [0.15, 0.2) is 0 Å². The summed E-state index contributed by atoms with van der Waals surface area (Å²) in [4.78, 5) is 23.6. The monoisotopic (exact) mass is 229 g/mol. The van der Waals surface area contributed by atoms with E-state index in [1.807, 2.05) is 0 Å². The van der Waals surface area contributed by atoms with E-state index in [1.54, 1.807) is 11.9 Å². The first-order valence-corrected chi connectivity index (χ1v) is 5.58. The molecule has 1 rings (SSSR count). The molecule has 0 aromatic heterocycles. The highest BCUT2D eigenvalue weighted by Crippen LogP contribution is 2.05. The van der Waals surface area contributed by atoms with Gasteiger partial charge in [-0.3, -0.25) is 4.79 Å². The second kappa shape index (κ2) is 6.32. The highest BCUT2D eigenvalue weighted by Gasteiger charge is 2.19. The Bertz CT molecular complexity index is 254. The molecule has 1 fully saturated rings. The van der Waals surface area contributed by atoms with Crippen LogP contribution in [-0.2, 0) is 4.79 Å². The summed E-state index contributed by atoms with van der Waals surface area (Å²) in [6, 6.07) is -0.490. The molecular formula is C10H19N3O3. The summed E-state index contributed by atoms with van der Waals surface area (Å²) in [5, 5.41) is 14.3. The van der Waals surface area contributed by atoms with E-state index in [2.05, 4.69) is 10.6 Å². The largest absolute Gasteiger partial charge is 0.480 e. The number of urea groups is 1. The third-order valence-electron chi connectivity index (χ3n) is 2.76. The highest BCUT2D eigenvalue weighted by atomic mass is 16.4. The summed E-state index contributed by atoms with van der Waals surface area (Å²) in [5.41, 5.74) is 0. The Kier molecular flexibility index (Phi) is 5.04. The van der Waals surface area contributed by atoms with E-state index in [4.69, 9.17) is 5.11 Å². The number of hydrogen-bond donors (Lipinski definition) is 3. The fraction of sp³-hybridized carbons (Fsp3) is 0.800. The number of hydrogen-bond acceptors (Lipinski definition) is 3. The van der Waals surface area contributed by atoms with Crippen LogP contribution in [0.1, 0.15) is 19.3 Å². The Morgan fingerprint density at radius 2 is 2.38 bits per heavy atom. The number of rotatable bonds is 7. The number of nitrogens with one attached hydrogen (secondary N) is 2. The molecule has 3 N–H and O–H groups in total. The molecule has 0 radical (unpaired) electrons. The summed E-state index contributed by atoms with van der Waals surface area (Å²) in [5.74, 6) is -0.818. The lowest BCUT2D eigenvalue weighted by Gasteiger charge is -2.15. The van der Waals surface area contributed by atoms with Crippen molar-refractivity contribution in [2.45, 2.75) is 25.3 Å². The summed E-state index contributed by atoms with van der Waals surface area (Å²) >= 11 is 0. The first-order valence-electron chi connectivity index (χ1n) is 5.58. The molecule has 2 amide bonds. The van der Waals surface area contributed by atoms with Crippen LogP contribution in [0.2, 0.25) is 0 Å². The molecule has 6 nitrogen and oxygen atoms in total. The predicted molar refractivity (Wildman–Crippen MR) is 59.3 cm³/mol. The van der Waals surface area contributed by atoms with E-state index in [9.17, 15) is 9.59 Å². The van der Waals surface area contributed by atoms with E-state index < -0.39 is 12.0 Å². The number of carbonyl (C=O) groups excluding carboxylic acids is 1. The second-order valence-corrected chi connectivity index (χ2v) is 3.89. The molecule has 0 aliphatic carbocycles. The standard InChI is InChI=1S/C10H19N3O3/c1-11-8(9(14)15)4-2-3-6-13-7-5-12-10(13)16/h8,11H,2-7H2,1H3,(H,12,16)(H,14,15)/t8-/m0/s1. The van der Waals surface area contributed by atoms with Gasteiger partial charge >= 0.3 is 12.0 Å². The van der Waals surface area contributed by atoms with Crippen LogP contribution in [0.5, 0.6) is 0 Å². The normalized spacial score (nSPS) is 17.3. The van der Waals surface area contributed by atoms with E-state index in [0.717, 1.165) is 19.4 Å². The molecule has 0 saturated carbocycles. The van der Waals surface area contributed by atoms with Gasteiger partial charge in [0.25, 0.3) is 0 Å². The minimum atomic E-state index is -0.818. The second-order valence-electron chi connectivity index (χ2n) is 3.89. The summed E-state index contributed by atoms with van der Waals surface area (Å²) < 4.78 is 0. The summed E-state index contributed by atoms with van der Waals surface area (Å²) in [6.45, 7) is 2.18. The molecule has 1 aliphatic rings. The maximum Gasteiger partial charge on any atom is 0.320 e. The first kappa shape index (κ1) is 12.8. The van der Waals surface area contributed by atoms with Gasteiger partial charge in [-0.1, -0.05) is 0 Å². The average molecular weight is 229 g/mol. The van der Waals surface area contributed by atoms with E-state index in [1.165, 1.54) is 0 Å². The lowest BCUT2D eigenvalue weighted by atomic mass is 10.1. The van der Waals surface area contributed by atoms with Crippen molar-refractivity contribution in [2.75, 3.05) is 26.7 Å². The van der Waals surface area contributed by atoms with Crippen molar-refractivity contribution >= 4 is 12.0 Å². The quantitative estimate of drug-likeness (QED) is 0.530. The van der Waals surface area contributed by atoms with Crippen molar-refractivity contribution in [3.63, 3.8) is 0 Å². The number of unbranched alkanes of at least 4 members (excludes halogenated alkanes) is 1. The topological polar surface area (TPSA) is 81.7 Å². The van der Waals surface area contributed by atoms with Gasteiger partial charge in [-0.15, -0.1) is 0 Å². The zero-order chi connectivity index (χ0) is 12.0. The smallest absolute Gasteiger partial charge is 0.320 e. The van der Waals surface area contributed by atoms with Gasteiger partial charge in [-0.2, -0.15) is 0 Å². The molecule has 0 aromatic carbocycles. The van der Waals surface area contributed by atoms with Crippen LogP contribution < -0.4 is 10.6 Å². The lowest BCUT2D eigenvalue weighted by Crippen LogP contribution is -2.34. The molecule has 1 atom stereocenters. The summed E-state index contributed by atoms with van der Waals surface area (Å²) in [6.07, 6.45) is 2.25. The Balaban J connectivity index is 2.11. The maximum atomic E-state index is 11.2. The fourth-order valence-electron chi connectivity index (χ4n) is 1.77. The first-order chi connectivity index (χ1) is 7.65. The van der Waals surface area contributed by atoms with Crippen molar-refractivity contribution in [2.24, 2.45) is 0 Å². The molecule has 0 aromatic rings. The molecule has 16 heavy (non-hydrogen) atoms. The van der Waals surface area contributed by atoms with Crippen LogP contribution in [0, 0.1) is 0 Å². The zero-order valence-corrected chi connectivity index (χ0v) is 9.53. The number of amides is 2. The van der Waals surface area contributed by atoms with Gasteiger partial charge < -0.3 is 20.6 Å². The maximum absolute atomic E-state index is 11.2. The molecule has 1 saturated heterocycles. The Morgan fingerprint density at radius 1 is 1.62 bits per heavy atom. The van der Waals surface area contributed by atoms with Gasteiger partial charge in [0, 0.05) is 19.6 Å². The number of carboxylic acid groups (broad SMARTS) is 1. The van der Waals surface area contributed by atoms with Gasteiger partial charge in [0.15, 0.2) is 0 Å². The molecule has 0 unspecified atom stereocenters. The molecule has 1 heterocycles. The fourth-order valence-corrected chi connectivity index (χ4v) is 1.77. The zero-order valence-electron chi connectivity index (χ0n) is 9.53. The summed E-state index contributed by atoms with van der Waals surface area (Å²) in [7, 11) is 1.65. The van der Waals surface area contributed by atoms with Crippen molar-refractivity contribution < 1.29 is 14.7 Å². The third kappa shape index (κ3) is 3.69. The van der Waals surface area contributed by atoms with Gasteiger partial charge in [0.05, 0.1) is 0 Å². The predicted octanol–water partition coefficient (Wildman–Crippen LogP) is -0.145. The van der Waals surface area contributed by atoms with Crippen molar-refractivity contribution in [3.05, 3.63) is 0 Å². The third-order valence-corrected chi connectivity index (χ3v) is 2.76. The van der Waals surface area contributed by atoms with Crippen LogP contribution in [0.4, 0.5) is 4.79 Å². The Hall–Kier alpha value is -1.30. The Labute approximate surface area is 95.0 Å². The van der Waals surface area contributed by atoms with Crippen molar-refractivity contribution in [3.8, 4) is 0 Å². The van der Waals surface area contributed by atoms with Crippen LogP contribution in [0.3, 0.4) is 0 Å². The SMILES string of the molecule is CN[C@@H](CCCCN1CCNC1=O)C(=O)O. The number of carboxylic acids is 1. The molecule has 1 aliphatic heterocycles. The van der Waals surface area contributed by atoms with Crippen LogP contribution in [-0.4, -0.2) is 54.7 Å². The van der Waals surface area contributed by atoms with Gasteiger partial charge in [0.2, 0.25) is 0 Å². The Morgan fingerprint density at radius 3 is 2.88 bits per heavy atom. The average Bonchev–Trinajstić information content (AvgIpc) is 2.64. The van der Waals surface area contributed by atoms with Gasteiger partial charge in [0.1, 0.15) is 6.04 Å². The van der Waals surface area contributed by atoms with E-state index >= 15 is 0 Å². The van der Waals surface area contributed by atoms with Crippen LogP contribution in [0.25, 0.3) is 0 Å². The number of aliphatic carboxylic acids is 1. The molecular weight excluding hydrogens is 210 g/mol. The molecule has 6 heteroatoms. The van der Waals surface area contributed by atoms with Gasteiger partial charge in [-0.05, 0) is 26.3 Å². The lowest BCUT2D eigenvalue weighted by molar-refractivity contribution is -0.139. The van der Waals surface area contributed by atoms with Crippen molar-refractivity contribution in [1.29, 1.82) is 0 Å². The van der Waals surface area contributed by atoms with E-state index in [0.29, 0.717) is 19.5 Å². The minimum Gasteiger partial charge on any atom is -0.480 e. The number of carbonyl (C=O) groups is 2. The highest BCUT2D eigenvalue weighted by molar-refractivity contribution is 5.76. The molecule has 0 spiro atoms.